The molecule has 0 aliphatic heterocycles. The van der Waals surface area contributed by atoms with Gasteiger partial charge in [-0.2, -0.15) is 0 Å². The highest BCUT2D eigenvalue weighted by Gasteiger charge is 2.33. The first-order chi connectivity index (χ1) is 11.3. The summed E-state index contributed by atoms with van der Waals surface area (Å²) < 4.78 is 26.9. The van der Waals surface area contributed by atoms with Gasteiger partial charge in [0.25, 0.3) is 0 Å². The van der Waals surface area contributed by atoms with Crippen LogP contribution < -0.4 is 16.4 Å². The van der Waals surface area contributed by atoms with Crippen LogP contribution in [0.5, 0.6) is 0 Å². The third-order valence-electron chi connectivity index (χ3n) is 4.53. The molecule has 1 fully saturated rings. The van der Waals surface area contributed by atoms with Gasteiger partial charge >= 0.3 is 0 Å². The van der Waals surface area contributed by atoms with E-state index in [-0.39, 0.29) is 29.1 Å². The van der Waals surface area contributed by atoms with E-state index in [9.17, 15) is 18.4 Å². The maximum absolute atomic E-state index is 13.5. The predicted octanol–water partition coefficient (Wildman–Crippen LogP) is 3.16. The van der Waals surface area contributed by atoms with E-state index in [2.05, 4.69) is 10.6 Å². The zero-order chi connectivity index (χ0) is 17.7. The van der Waals surface area contributed by atoms with Gasteiger partial charge in [-0.15, -0.1) is 0 Å². The van der Waals surface area contributed by atoms with Gasteiger partial charge < -0.3 is 16.4 Å². The summed E-state index contributed by atoms with van der Waals surface area (Å²) in [7, 11) is 0. The van der Waals surface area contributed by atoms with E-state index in [1.807, 2.05) is 0 Å². The van der Waals surface area contributed by atoms with Gasteiger partial charge in [0.2, 0.25) is 11.8 Å². The summed E-state index contributed by atoms with van der Waals surface area (Å²) in [5.41, 5.74) is 5.70. The van der Waals surface area contributed by atoms with Crippen LogP contribution >= 0.6 is 0 Å². The lowest BCUT2D eigenvalue weighted by molar-refractivity contribution is -0.119. The van der Waals surface area contributed by atoms with Crippen molar-refractivity contribution < 1.29 is 18.4 Å². The second kappa shape index (κ2) is 7.70. The number of carbonyl (C=O) groups is 2. The smallest absolute Gasteiger partial charge is 0.225 e. The highest BCUT2D eigenvalue weighted by molar-refractivity contribution is 5.99. The van der Waals surface area contributed by atoms with Gasteiger partial charge in [-0.25, -0.2) is 8.78 Å². The molecule has 0 aromatic heterocycles. The Morgan fingerprint density at radius 3 is 2.12 bits per heavy atom. The number of benzene rings is 1. The standard InChI is InChI=1S/C17H23F2N3O2/c1-11(23)21-14-7-12(18)13(19)8-15(14)22-16(24)9-17(10-20)5-3-2-4-6-17/h7-8H,2-6,9-10,20H2,1H3,(H,21,23)(H,22,24). The molecule has 24 heavy (non-hydrogen) atoms. The topological polar surface area (TPSA) is 84.2 Å². The van der Waals surface area contributed by atoms with Gasteiger partial charge in [-0.3, -0.25) is 9.59 Å². The van der Waals surface area contributed by atoms with Crippen molar-refractivity contribution in [1.29, 1.82) is 0 Å². The van der Waals surface area contributed by atoms with Crippen LogP contribution in [0.4, 0.5) is 20.2 Å². The van der Waals surface area contributed by atoms with Crippen LogP contribution in [0, 0.1) is 17.0 Å². The van der Waals surface area contributed by atoms with E-state index in [0.717, 1.165) is 44.2 Å². The van der Waals surface area contributed by atoms with Gasteiger partial charge in [0.05, 0.1) is 11.4 Å². The lowest BCUT2D eigenvalue weighted by Gasteiger charge is -2.35. The average Bonchev–Trinajstić information content (AvgIpc) is 2.52. The summed E-state index contributed by atoms with van der Waals surface area (Å²) in [4.78, 5) is 23.6. The molecular formula is C17H23F2N3O2. The molecule has 7 heteroatoms. The van der Waals surface area contributed by atoms with Crippen LogP contribution in [0.3, 0.4) is 0 Å². The molecule has 0 atom stereocenters. The Kier molecular flexibility index (Phi) is 5.88. The fourth-order valence-corrected chi connectivity index (χ4v) is 3.23. The first-order valence-electron chi connectivity index (χ1n) is 8.12. The van der Waals surface area contributed by atoms with Crippen LogP contribution in [-0.4, -0.2) is 18.4 Å². The van der Waals surface area contributed by atoms with Gasteiger partial charge in [-0.05, 0) is 24.8 Å². The average molecular weight is 339 g/mol. The monoisotopic (exact) mass is 339 g/mol. The third-order valence-corrected chi connectivity index (χ3v) is 4.53. The molecule has 2 amide bonds. The van der Waals surface area contributed by atoms with E-state index in [0.29, 0.717) is 6.54 Å². The van der Waals surface area contributed by atoms with Crippen molar-refractivity contribution in [2.75, 3.05) is 17.2 Å². The van der Waals surface area contributed by atoms with Gasteiger partial charge in [0.1, 0.15) is 0 Å². The molecule has 0 heterocycles. The highest BCUT2D eigenvalue weighted by Crippen LogP contribution is 2.38. The Morgan fingerprint density at radius 1 is 1.08 bits per heavy atom. The maximum Gasteiger partial charge on any atom is 0.225 e. The van der Waals surface area contributed by atoms with Crippen molar-refractivity contribution in [3.8, 4) is 0 Å². The maximum atomic E-state index is 13.5. The van der Waals surface area contributed by atoms with E-state index >= 15 is 0 Å². The van der Waals surface area contributed by atoms with Crippen LogP contribution in [0.2, 0.25) is 0 Å². The molecule has 0 radical (unpaired) electrons. The summed E-state index contributed by atoms with van der Waals surface area (Å²) in [6, 6.07) is 1.72. The Labute approximate surface area is 140 Å². The SMILES string of the molecule is CC(=O)Nc1cc(F)c(F)cc1NC(=O)CC1(CN)CCCCC1. The number of hydrogen-bond acceptors (Lipinski definition) is 3. The number of halogens is 2. The van der Waals surface area contributed by atoms with Gasteiger partial charge in [0.15, 0.2) is 11.6 Å². The molecule has 0 unspecified atom stereocenters. The molecule has 0 spiro atoms. The van der Waals surface area contributed by atoms with Crippen molar-refractivity contribution in [1.82, 2.24) is 0 Å². The number of carbonyl (C=O) groups excluding carboxylic acids is 2. The molecule has 0 saturated heterocycles. The molecular weight excluding hydrogens is 316 g/mol. The Bertz CT molecular complexity index is 629. The minimum atomic E-state index is -1.09. The summed E-state index contributed by atoms with van der Waals surface area (Å²) in [5, 5.41) is 4.96. The molecule has 132 valence electrons. The number of anilines is 2. The van der Waals surface area contributed by atoms with Crippen LogP contribution in [-0.2, 0) is 9.59 Å². The van der Waals surface area contributed by atoms with Crippen molar-refractivity contribution in [3.63, 3.8) is 0 Å². The van der Waals surface area contributed by atoms with E-state index in [4.69, 9.17) is 5.73 Å². The second-order valence-electron chi connectivity index (χ2n) is 6.48. The lowest BCUT2D eigenvalue weighted by Crippen LogP contribution is -2.36. The Balaban J connectivity index is 2.15. The minimum Gasteiger partial charge on any atom is -0.330 e. The summed E-state index contributed by atoms with van der Waals surface area (Å²) >= 11 is 0. The number of hydrogen-bond donors (Lipinski definition) is 3. The van der Waals surface area contributed by atoms with Crippen molar-refractivity contribution in [2.45, 2.75) is 45.4 Å². The normalized spacial score (nSPS) is 16.5. The third kappa shape index (κ3) is 4.50. The Hall–Kier alpha value is -2.02. The molecule has 1 aromatic carbocycles. The molecule has 1 aromatic rings. The molecule has 1 saturated carbocycles. The first-order valence-corrected chi connectivity index (χ1v) is 8.12. The molecule has 0 bridgehead atoms. The molecule has 4 N–H and O–H groups in total. The summed E-state index contributed by atoms with van der Waals surface area (Å²) in [6.07, 6.45) is 5.20. The van der Waals surface area contributed by atoms with Crippen molar-refractivity contribution in [3.05, 3.63) is 23.8 Å². The number of amides is 2. The van der Waals surface area contributed by atoms with Gasteiger partial charge in [-0.1, -0.05) is 19.3 Å². The molecule has 1 aliphatic rings. The molecule has 1 aliphatic carbocycles. The van der Waals surface area contributed by atoms with Crippen molar-refractivity contribution >= 4 is 23.2 Å². The zero-order valence-corrected chi connectivity index (χ0v) is 13.8. The first kappa shape index (κ1) is 18.3. The molecule has 2 rings (SSSR count). The summed E-state index contributed by atoms with van der Waals surface area (Å²) in [5.74, 6) is -2.95. The Morgan fingerprint density at radius 2 is 1.62 bits per heavy atom. The fourth-order valence-electron chi connectivity index (χ4n) is 3.23. The fraction of sp³-hybridized carbons (Fsp3) is 0.529. The lowest BCUT2D eigenvalue weighted by atomic mass is 9.71. The highest BCUT2D eigenvalue weighted by atomic mass is 19.2. The van der Waals surface area contributed by atoms with Crippen LogP contribution in [0.25, 0.3) is 0 Å². The number of rotatable bonds is 5. The largest absolute Gasteiger partial charge is 0.330 e. The van der Waals surface area contributed by atoms with Crippen LogP contribution in [0.15, 0.2) is 12.1 Å². The number of nitrogens with one attached hydrogen (secondary N) is 2. The molecule has 5 nitrogen and oxygen atoms in total. The number of nitrogens with two attached hydrogens (primary N) is 1. The van der Waals surface area contributed by atoms with Crippen molar-refractivity contribution in [2.24, 2.45) is 11.1 Å². The van der Waals surface area contributed by atoms with Gasteiger partial charge in [0, 0.05) is 25.5 Å². The quantitative estimate of drug-likeness (QED) is 0.770. The summed E-state index contributed by atoms with van der Waals surface area (Å²) in [6.45, 7) is 1.66. The minimum absolute atomic E-state index is 0.0280. The predicted molar refractivity (Wildman–Crippen MR) is 88.5 cm³/mol. The van der Waals surface area contributed by atoms with E-state index < -0.39 is 17.5 Å². The van der Waals surface area contributed by atoms with Crippen LogP contribution in [0.1, 0.15) is 45.4 Å². The van der Waals surface area contributed by atoms with E-state index in [1.54, 1.807) is 0 Å². The van der Waals surface area contributed by atoms with E-state index in [1.165, 1.54) is 6.92 Å². The zero-order valence-electron chi connectivity index (χ0n) is 13.8. The second-order valence-corrected chi connectivity index (χ2v) is 6.48.